The van der Waals surface area contributed by atoms with Gasteiger partial charge in [-0.05, 0) is 61.8 Å². The first kappa shape index (κ1) is 23.4. The summed E-state index contributed by atoms with van der Waals surface area (Å²) < 4.78 is 27.9. The molecule has 1 heterocycles. The number of aryl methyl sites for hydroxylation is 2. The van der Waals surface area contributed by atoms with Crippen LogP contribution in [0.2, 0.25) is 0 Å². The Labute approximate surface area is 194 Å². The number of fused-ring (bicyclic) bond motifs is 1. The van der Waals surface area contributed by atoms with Crippen molar-refractivity contribution in [3.63, 3.8) is 0 Å². The summed E-state index contributed by atoms with van der Waals surface area (Å²) in [7, 11) is -1.96. The highest BCUT2D eigenvalue weighted by Gasteiger charge is 2.34. The molecule has 8 nitrogen and oxygen atoms in total. The Morgan fingerprint density at radius 1 is 1.09 bits per heavy atom. The number of hydrogen-bond acceptors (Lipinski definition) is 5. The fourth-order valence-electron chi connectivity index (χ4n) is 4.83. The summed E-state index contributed by atoms with van der Waals surface area (Å²) in [4.78, 5) is 25.6. The molecule has 1 aliphatic heterocycles. The number of sulfonamides is 1. The molecule has 0 unspecified atom stereocenters. The van der Waals surface area contributed by atoms with Gasteiger partial charge in [0.2, 0.25) is 15.9 Å². The highest BCUT2D eigenvalue weighted by molar-refractivity contribution is 7.89. The number of benzene rings is 2. The lowest BCUT2D eigenvalue weighted by atomic mass is 9.92. The number of nitro groups is 1. The van der Waals surface area contributed by atoms with Crippen molar-refractivity contribution in [2.75, 3.05) is 20.1 Å². The molecule has 1 fully saturated rings. The van der Waals surface area contributed by atoms with Crippen LogP contribution in [0, 0.1) is 16.0 Å². The lowest BCUT2D eigenvalue weighted by molar-refractivity contribution is -0.385. The van der Waals surface area contributed by atoms with E-state index in [0.717, 1.165) is 31.2 Å². The minimum Gasteiger partial charge on any atom is -0.341 e. The maximum absolute atomic E-state index is 13.2. The second-order valence-electron chi connectivity index (χ2n) is 8.90. The summed E-state index contributed by atoms with van der Waals surface area (Å²) in [5.74, 6) is -0.410. The lowest BCUT2D eigenvalue weighted by Crippen LogP contribution is -2.43. The van der Waals surface area contributed by atoms with Gasteiger partial charge in [-0.3, -0.25) is 14.9 Å². The molecule has 0 saturated carbocycles. The van der Waals surface area contributed by atoms with Gasteiger partial charge in [-0.15, -0.1) is 0 Å². The molecule has 0 N–H and O–H groups in total. The zero-order chi connectivity index (χ0) is 23.6. The zero-order valence-electron chi connectivity index (χ0n) is 18.8. The Bertz CT molecular complexity index is 1160. The molecule has 0 spiro atoms. The molecular formula is C24H29N3O5S. The number of rotatable bonds is 6. The number of nitrogens with zero attached hydrogens (tertiary/aromatic N) is 3. The van der Waals surface area contributed by atoms with Crippen molar-refractivity contribution in [1.29, 1.82) is 0 Å². The van der Waals surface area contributed by atoms with Crippen molar-refractivity contribution in [2.24, 2.45) is 5.92 Å². The first-order valence-corrected chi connectivity index (χ1v) is 12.8. The molecule has 0 atom stereocenters. The van der Waals surface area contributed by atoms with Gasteiger partial charge in [-0.25, -0.2) is 8.42 Å². The van der Waals surface area contributed by atoms with Gasteiger partial charge in [0.15, 0.2) is 0 Å². The quantitative estimate of drug-likeness (QED) is 0.474. The minimum absolute atomic E-state index is 0.0110. The summed E-state index contributed by atoms with van der Waals surface area (Å²) in [5, 5.41) is 11.2. The first-order chi connectivity index (χ1) is 15.8. The van der Waals surface area contributed by atoms with Gasteiger partial charge in [0.1, 0.15) is 0 Å². The van der Waals surface area contributed by atoms with E-state index in [1.807, 2.05) is 12.1 Å². The number of carbonyl (C=O) groups excluding carboxylic acids is 1. The molecule has 0 aromatic heterocycles. The summed E-state index contributed by atoms with van der Waals surface area (Å²) in [5.41, 5.74) is 2.84. The van der Waals surface area contributed by atoms with Crippen molar-refractivity contribution < 1.29 is 18.1 Å². The lowest BCUT2D eigenvalue weighted by Gasteiger charge is -2.32. The minimum atomic E-state index is -3.60. The fraction of sp³-hybridized carbons (Fsp3) is 0.458. The largest absolute Gasteiger partial charge is 0.341 e. The summed E-state index contributed by atoms with van der Waals surface area (Å²) in [6, 6.07) is 11.9. The van der Waals surface area contributed by atoms with Crippen molar-refractivity contribution in [3.8, 4) is 0 Å². The maximum atomic E-state index is 13.2. The van der Waals surface area contributed by atoms with Crippen LogP contribution in [0.5, 0.6) is 0 Å². The highest BCUT2D eigenvalue weighted by atomic mass is 32.2. The molecule has 9 heteroatoms. The van der Waals surface area contributed by atoms with E-state index in [9.17, 15) is 23.3 Å². The Balaban J connectivity index is 1.39. The van der Waals surface area contributed by atoms with Crippen molar-refractivity contribution in [1.82, 2.24) is 9.21 Å². The summed E-state index contributed by atoms with van der Waals surface area (Å²) >= 11 is 0. The third kappa shape index (κ3) is 4.94. The maximum Gasteiger partial charge on any atom is 0.274 e. The van der Waals surface area contributed by atoms with Gasteiger partial charge in [0, 0.05) is 37.7 Å². The van der Waals surface area contributed by atoms with E-state index in [-0.39, 0.29) is 37.1 Å². The fourth-order valence-corrected chi connectivity index (χ4v) is 6.35. The zero-order valence-corrected chi connectivity index (χ0v) is 19.6. The van der Waals surface area contributed by atoms with Crippen molar-refractivity contribution >= 4 is 21.6 Å². The predicted molar refractivity (Wildman–Crippen MR) is 124 cm³/mol. The van der Waals surface area contributed by atoms with Crippen molar-refractivity contribution in [3.05, 3.63) is 69.3 Å². The van der Waals surface area contributed by atoms with E-state index in [0.29, 0.717) is 23.3 Å². The van der Waals surface area contributed by atoms with E-state index in [1.165, 1.54) is 20.8 Å². The van der Waals surface area contributed by atoms with Crippen LogP contribution in [0.15, 0.2) is 47.4 Å². The molecule has 2 aliphatic rings. The SMILES string of the molecule is CN(Cc1ccccc1[N+](=O)[O-])C(=O)C1CCN(S(=O)(=O)c2ccc3c(c2)CCCC3)CC1. The Morgan fingerprint density at radius 3 is 2.45 bits per heavy atom. The molecule has 1 saturated heterocycles. The number of nitro benzene ring substituents is 1. The molecule has 2 aromatic rings. The van der Waals surface area contributed by atoms with Crippen LogP contribution in [0.1, 0.15) is 42.4 Å². The van der Waals surface area contributed by atoms with Gasteiger partial charge in [0.05, 0.1) is 16.4 Å². The number of carbonyl (C=O) groups is 1. The standard InChI is InChI=1S/C24H29N3O5S/c1-25(17-21-8-4-5-9-23(21)27(29)30)24(28)19-12-14-26(15-13-19)33(31,32)22-11-10-18-6-2-3-7-20(18)16-22/h4-5,8-11,16,19H,2-3,6-7,12-15,17H2,1H3. The summed E-state index contributed by atoms with van der Waals surface area (Å²) in [6.45, 7) is 0.716. The van der Waals surface area contributed by atoms with Crippen molar-refractivity contribution in [2.45, 2.75) is 50.0 Å². The van der Waals surface area contributed by atoms with Crippen LogP contribution in [-0.4, -0.2) is 48.6 Å². The van der Waals surface area contributed by atoms with Crippen LogP contribution < -0.4 is 0 Å². The molecule has 33 heavy (non-hydrogen) atoms. The topological polar surface area (TPSA) is 101 Å². The van der Waals surface area contributed by atoms with E-state index < -0.39 is 14.9 Å². The molecule has 0 bridgehead atoms. The Kier molecular flexibility index (Phi) is 6.81. The third-order valence-corrected chi connectivity index (χ3v) is 8.63. The molecular weight excluding hydrogens is 442 g/mol. The second-order valence-corrected chi connectivity index (χ2v) is 10.8. The Morgan fingerprint density at radius 2 is 1.76 bits per heavy atom. The molecule has 4 rings (SSSR count). The van der Waals surface area contributed by atoms with Crippen LogP contribution in [0.3, 0.4) is 0 Å². The monoisotopic (exact) mass is 471 g/mol. The van der Waals surface area contributed by atoms with E-state index >= 15 is 0 Å². The predicted octanol–water partition coefficient (Wildman–Crippen LogP) is 3.53. The average molecular weight is 472 g/mol. The van der Waals surface area contributed by atoms with Gasteiger partial charge in [0.25, 0.3) is 5.69 Å². The van der Waals surface area contributed by atoms with E-state index in [2.05, 4.69) is 0 Å². The molecule has 2 aromatic carbocycles. The second kappa shape index (κ2) is 9.61. The number of para-hydroxylation sites is 1. The average Bonchev–Trinajstić information content (AvgIpc) is 2.83. The van der Waals surface area contributed by atoms with Gasteiger partial charge in [-0.1, -0.05) is 24.3 Å². The van der Waals surface area contributed by atoms with Crippen LogP contribution in [0.4, 0.5) is 5.69 Å². The molecule has 1 aliphatic carbocycles. The first-order valence-electron chi connectivity index (χ1n) is 11.4. The number of amides is 1. The van der Waals surface area contributed by atoms with Crippen LogP contribution in [0.25, 0.3) is 0 Å². The number of piperidine rings is 1. The van der Waals surface area contributed by atoms with Gasteiger partial charge < -0.3 is 4.90 Å². The summed E-state index contributed by atoms with van der Waals surface area (Å²) in [6.07, 6.45) is 5.02. The molecule has 176 valence electrons. The van der Waals surface area contributed by atoms with E-state index in [4.69, 9.17) is 0 Å². The van der Waals surface area contributed by atoms with E-state index in [1.54, 1.807) is 31.3 Å². The van der Waals surface area contributed by atoms with Gasteiger partial charge in [-0.2, -0.15) is 4.31 Å². The Hall–Kier alpha value is -2.78. The normalized spacial score (nSPS) is 17.4. The van der Waals surface area contributed by atoms with Crippen LogP contribution >= 0.6 is 0 Å². The molecule has 0 radical (unpaired) electrons. The smallest absolute Gasteiger partial charge is 0.274 e. The highest BCUT2D eigenvalue weighted by Crippen LogP contribution is 2.29. The number of hydrogen-bond donors (Lipinski definition) is 0. The molecule has 1 amide bonds. The third-order valence-electron chi connectivity index (χ3n) is 6.73. The van der Waals surface area contributed by atoms with Gasteiger partial charge >= 0.3 is 0 Å². The van der Waals surface area contributed by atoms with Crippen LogP contribution in [-0.2, 0) is 34.2 Å².